The highest BCUT2D eigenvalue weighted by Crippen LogP contribution is 2.13. The number of amides is 2. The summed E-state index contributed by atoms with van der Waals surface area (Å²) in [6, 6.07) is 24.9. The van der Waals surface area contributed by atoms with Crippen molar-refractivity contribution in [1.29, 1.82) is 0 Å². The van der Waals surface area contributed by atoms with Crippen molar-refractivity contribution >= 4 is 35.6 Å². The molecule has 0 aromatic heterocycles. The predicted molar refractivity (Wildman–Crippen MR) is 129 cm³/mol. The quantitative estimate of drug-likeness (QED) is 0.394. The summed E-state index contributed by atoms with van der Waals surface area (Å²) in [5.41, 5.74) is 2.56. The van der Waals surface area contributed by atoms with Gasteiger partial charge in [0.1, 0.15) is 5.70 Å². The lowest BCUT2D eigenvalue weighted by atomic mass is 10.1. The number of ether oxygens (including phenoxy) is 1. The third kappa shape index (κ3) is 7.33. The molecule has 6 nitrogen and oxygen atoms in total. The number of carbonyl (C=O) groups is 3. The minimum Gasteiger partial charge on any atom is -0.462 e. The molecule has 0 spiro atoms. The SMILES string of the molecule is CCOC(=O)c1ccc(NC(=O)/C(=C\c2ccccc2)NC(=O)/C=C/c2ccccc2)cc1. The first-order valence-electron chi connectivity index (χ1n) is 10.4. The highest BCUT2D eigenvalue weighted by Gasteiger charge is 2.13. The van der Waals surface area contributed by atoms with Gasteiger partial charge in [-0.1, -0.05) is 60.7 Å². The van der Waals surface area contributed by atoms with Crippen LogP contribution in [0, 0.1) is 0 Å². The maximum absolute atomic E-state index is 12.9. The van der Waals surface area contributed by atoms with E-state index in [9.17, 15) is 14.4 Å². The standard InChI is InChI=1S/C27H24N2O4/c1-2-33-27(32)22-14-16-23(17-15-22)28-26(31)24(19-21-11-7-4-8-12-21)29-25(30)18-13-20-9-5-3-6-10-20/h3-19H,2H2,1H3,(H,28,31)(H,29,30)/b18-13+,24-19+. The molecule has 0 atom stereocenters. The van der Waals surface area contributed by atoms with Crippen LogP contribution in [0.5, 0.6) is 0 Å². The maximum atomic E-state index is 12.9. The second-order valence-corrected chi connectivity index (χ2v) is 6.95. The first kappa shape index (κ1) is 23.2. The topological polar surface area (TPSA) is 84.5 Å². The van der Waals surface area contributed by atoms with E-state index < -0.39 is 17.8 Å². The lowest BCUT2D eigenvalue weighted by Gasteiger charge is -2.11. The average molecular weight is 440 g/mol. The van der Waals surface area contributed by atoms with Crippen LogP contribution in [0.25, 0.3) is 12.2 Å². The van der Waals surface area contributed by atoms with Gasteiger partial charge in [-0.15, -0.1) is 0 Å². The molecule has 0 saturated carbocycles. The van der Waals surface area contributed by atoms with Crippen molar-refractivity contribution in [2.24, 2.45) is 0 Å². The summed E-state index contributed by atoms with van der Waals surface area (Å²) >= 11 is 0. The number of rotatable bonds is 8. The summed E-state index contributed by atoms with van der Waals surface area (Å²) in [5, 5.41) is 5.39. The molecule has 6 heteroatoms. The largest absolute Gasteiger partial charge is 0.462 e. The van der Waals surface area contributed by atoms with E-state index in [2.05, 4.69) is 10.6 Å². The number of carbonyl (C=O) groups excluding carboxylic acids is 3. The van der Waals surface area contributed by atoms with Crippen molar-refractivity contribution in [2.45, 2.75) is 6.92 Å². The van der Waals surface area contributed by atoms with E-state index in [1.165, 1.54) is 6.08 Å². The van der Waals surface area contributed by atoms with Crippen molar-refractivity contribution in [1.82, 2.24) is 5.32 Å². The van der Waals surface area contributed by atoms with Crippen LogP contribution in [0.4, 0.5) is 5.69 Å². The van der Waals surface area contributed by atoms with Crippen LogP contribution >= 0.6 is 0 Å². The Labute approximate surface area is 192 Å². The third-order valence-electron chi connectivity index (χ3n) is 4.49. The zero-order valence-corrected chi connectivity index (χ0v) is 18.2. The van der Waals surface area contributed by atoms with Gasteiger partial charge in [0.15, 0.2) is 0 Å². The molecule has 0 aliphatic rings. The molecule has 2 amide bonds. The second-order valence-electron chi connectivity index (χ2n) is 6.95. The molecule has 3 aromatic carbocycles. The van der Waals surface area contributed by atoms with Gasteiger partial charge in [0.2, 0.25) is 5.91 Å². The summed E-state index contributed by atoms with van der Waals surface area (Å²) in [5.74, 6) is -1.37. The van der Waals surface area contributed by atoms with Crippen molar-refractivity contribution in [3.8, 4) is 0 Å². The van der Waals surface area contributed by atoms with Crippen LogP contribution in [-0.2, 0) is 14.3 Å². The minimum absolute atomic E-state index is 0.0818. The summed E-state index contributed by atoms with van der Waals surface area (Å²) < 4.78 is 4.96. The van der Waals surface area contributed by atoms with Gasteiger partial charge in [-0.25, -0.2) is 4.79 Å². The van der Waals surface area contributed by atoms with Crippen molar-refractivity contribution in [2.75, 3.05) is 11.9 Å². The third-order valence-corrected chi connectivity index (χ3v) is 4.49. The van der Waals surface area contributed by atoms with Gasteiger partial charge in [-0.05, 0) is 54.5 Å². The molecule has 3 rings (SSSR count). The number of anilines is 1. The Bertz CT molecular complexity index is 1150. The molecule has 33 heavy (non-hydrogen) atoms. The van der Waals surface area contributed by atoms with Gasteiger partial charge < -0.3 is 15.4 Å². The summed E-state index contributed by atoms with van der Waals surface area (Å²) in [7, 11) is 0. The lowest BCUT2D eigenvalue weighted by molar-refractivity contribution is -0.118. The van der Waals surface area contributed by atoms with Gasteiger partial charge in [-0.3, -0.25) is 9.59 Å². The van der Waals surface area contributed by atoms with E-state index in [0.717, 1.165) is 11.1 Å². The maximum Gasteiger partial charge on any atom is 0.338 e. The van der Waals surface area contributed by atoms with E-state index in [4.69, 9.17) is 4.74 Å². The fraction of sp³-hybridized carbons (Fsp3) is 0.0741. The highest BCUT2D eigenvalue weighted by molar-refractivity contribution is 6.10. The second kappa shape index (κ2) is 11.8. The lowest BCUT2D eigenvalue weighted by Crippen LogP contribution is -2.29. The van der Waals surface area contributed by atoms with Gasteiger partial charge in [0, 0.05) is 11.8 Å². The molecular formula is C27H24N2O4. The smallest absolute Gasteiger partial charge is 0.338 e. The summed E-state index contributed by atoms with van der Waals surface area (Å²) in [6.45, 7) is 2.01. The molecule has 2 N–H and O–H groups in total. The fourth-order valence-corrected chi connectivity index (χ4v) is 2.89. The Morgan fingerprint density at radius 3 is 2.03 bits per heavy atom. The van der Waals surface area contributed by atoms with Crippen molar-refractivity contribution in [3.63, 3.8) is 0 Å². The molecule has 166 valence electrons. The van der Waals surface area contributed by atoms with Crippen LogP contribution in [-0.4, -0.2) is 24.4 Å². The number of hydrogen-bond donors (Lipinski definition) is 2. The Morgan fingerprint density at radius 2 is 1.42 bits per heavy atom. The Hall–Kier alpha value is -4.45. The Balaban J connectivity index is 1.75. The van der Waals surface area contributed by atoms with Crippen LogP contribution < -0.4 is 10.6 Å². The molecule has 0 bridgehead atoms. The number of nitrogens with one attached hydrogen (secondary N) is 2. The molecular weight excluding hydrogens is 416 g/mol. The minimum atomic E-state index is -0.496. The highest BCUT2D eigenvalue weighted by atomic mass is 16.5. The molecule has 0 aliphatic carbocycles. The van der Waals surface area contributed by atoms with E-state index >= 15 is 0 Å². The number of hydrogen-bond acceptors (Lipinski definition) is 4. The molecule has 0 fully saturated rings. The monoisotopic (exact) mass is 440 g/mol. The zero-order valence-electron chi connectivity index (χ0n) is 18.2. The van der Waals surface area contributed by atoms with E-state index in [-0.39, 0.29) is 12.3 Å². The van der Waals surface area contributed by atoms with Crippen LogP contribution in [0.15, 0.2) is 96.7 Å². The zero-order chi connectivity index (χ0) is 23.5. The molecule has 0 radical (unpaired) electrons. The fourth-order valence-electron chi connectivity index (χ4n) is 2.89. The van der Waals surface area contributed by atoms with Crippen molar-refractivity contribution < 1.29 is 19.1 Å². The molecule has 3 aromatic rings. The molecule has 0 heterocycles. The van der Waals surface area contributed by atoms with E-state index in [0.29, 0.717) is 11.3 Å². The Morgan fingerprint density at radius 1 is 0.818 bits per heavy atom. The molecule has 0 saturated heterocycles. The normalized spacial score (nSPS) is 11.1. The Kier molecular flexibility index (Phi) is 8.31. The van der Waals surface area contributed by atoms with Gasteiger partial charge in [-0.2, -0.15) is 0 Å². The summed E-state index contributed by atoms with van der Waals surface area (Å²) in [4.78, 5) is 37.2. The van der Waals surface area contributed by atoms with Crippen LogP contribution in [0.1, 0.15) is 28.4 Å². The van der Waals surface area contributed by atoms with Crippen molar-refractivity contribution in [3.05, 3.63) is 113 Å². The van der Waals surface area contributed by atoms with Gasteiger partial charge >= 0.3 is 5.97 Å². The van der Waals surface area contributed by atoms with Gasteiger partial charge in [0.25, 0.3) is 5.91 Å². The summed E-state index contributed by atoms with van der Waals surface area (Å²) in [6.07, 6.45) is 4.63. The first-order valence-corrected chi connectivity index (χ1v) is 10.4. The first-order chi connectivity index (χ1) is 16.0. The number of esters is 1. The number of benzene rings is 3. The van der Waals surface area contributed by atoms with E-state index in [1.54, 1.807) is 43.3 Å². The molecule has 0 aliphatic heterocycles. The average Bonchev–Trinajstić information content (AvgIpc) is 2.84. The van der Waals surface area contributed by atoms with E-state index in [1.807, 2.05) is 60.7 Å². The molecule has 0 unspecified atom stereocenters. The predicted octanol–water partition coefficient (Wildman–Crippen LogP) is 4.67. The van der Waals surface area contributed by atoms with Crippen LogP contribution in [0.3, 0.4) is 0 Å². The van der Waals surface area contributed by atoms with Crippen LogP contribution in [0.2, 0.25) is 0 Å². The van der Waals surface area contributed by atoms with Gasteiger partial charge in [0.05, 0.1) is 12.2 Å².